The van der Waals surface area contributed by atoms with Crippen LogP contribution in [0.5, 0.6) is 5.75 Å². The molecule has 2 rings (SSSR count). The number of rotatable bonds is 0. The van der Waals surface area contributed by atoms with E-state index < -0.39 is 0 Å². The molecule has 0 saturated heterocycles. The van der Waals surface area contributed by atoms with Crippen LogP contribution in [0.4, 0.5) is 4.39 Å². The average Bonchev–Trinajstić information content (AvgIpc) is 2.07. The van der Waals surface area contributed by atoms with Crippen LogP contribution in [0.1, 0.15) is 12.0 Å². The van der Waals surface area contributed by atoms with E-state index in [1.807, 2.05) is 0 Å². The van der Waals surface area contributed by atoms with Crippen LogP contribution in [0.25, 0.3) is 5.57 Å². The number of fused-ring (bicyclic) bond motifs is 1. The van der Waals surface area contributed by atoms with E-state index in [1.54, 1.807) is 6.07 Å². The molecule has 0 saturated carbocycles. The molecule has 1 heterocycles. The van der Waals surface area contributed by atoms with E-state index in [1.165, 1.54) is 12.1 Å². The van der Waals surface area contributed by atoms with Crippen LogP contribution in [0.3, 0.4) is 0 Å². The van der Waals surface area contributed by atoms with Crippen molar-refractivity contribution in [2.45, 2.75) is 6.42 Å². The monoisotopic (exact) mass is 164 g/mol. The summed E-state index contributed by atoms with van der Waals surface area (Å²) in [6, 6.07) is 4.52. The maximum atomic E-state index is 12.8. The first-order chi connectivity index (χ1) is 5.77. The quantitative estimate of drug-likeness (QED) is 0.572. The zero-order valence-electron chi connectivity index (χ0n) is 6.64. The second-order valence-electron chi connectivity index (χ2n) is 2.84. The maximum absolute atomic E-state index is 12.8. The fourth-order valence-corrected chi connectivity index (χ4v) is 1.32. The Balaban J connectivity index is 2.54. The van der Waals surface area contributed by atoms with Gasteiger partial charge in [0, 0.05) is 12.0 Å². The van der Waals surface area contributed by atoms with Crippen molar-refractivity contribution < 1.29 is 9.13 Å². The van der Waals surface area contributed by atoms with Gasteiger partial charge in [-0.05, 0) is 23.8 Å². The van der Waals surface area contributed by atoms with Gasteiger partial charge >= 0.3 is 0 Å². The molecule has 0 radical (unpaired) electrons. The molecule has 0 atom stereocenters. The lowest BCUT2D eigenvalue weighted by molar-refractivity contribution is 0.316. The molecule has 0 fully saturated rings. The van der Waals surface area contributed by atoms with Gasteiger partial charge in [-0.25, -0.2) is 4.39 Å². The average molecular weight is 164 g/mol. The molecule has 1 aromatic carbocycles. The summed E-state index contributed by atoms with van der Waals surface area (Å²) in [4.78, 5) is 0. The Kier molecular flexibility index (Phi) is 1.61. The zero-order chi connectivity index (χ0) is 8.55. The van der Waals surface area contributed by atoms with Gasteiger partial charge in [0.05, 0.1) is 6.61 Å². The second kappa shape index (κ2) is 2.63. The lowest BCUT2D eigenvalue weighted by atomic mass is 10.0. The third kappa shape index (κ3) is 1.09. The molecule has 0 unspecified atom stereocenters. The molecule has 0 aromatic heterocycles. The zero-order valence-corrected chi connectivity index (χ0v) is 6.64. The van der Waals surface area contributed by atoms with Crippen molar-refractivity contribution >= 4 is 5.57 Å². The normalized spacial score (nSPS) is 15.2. The van der Waals surface area contributed by atoms with Gasteiger partial charge in [0.1, 0.15) is 11.6 Å². The minimum Gasteiger partial charge on any atom is -0.493 e. The van der Waals surface area contributed by atoms with Crippen LogP contribution >= 0.6 is 0 Å². The van der Waals surface area contributed by atoms with Gasteiger partial charge in [-0.3, -0.25) is 0 Å². The minimum atomic E-state index is -0.236. The molecule has 62 valence electrons. The fourth-order valence-electron chi connectivity index (χ4n) is 1.32. The smallest absolute Gasteiger partial charge is 0.126 e. The summed E-state index contributed by atoms with van der Waals surface area (Å²) in [6.07, 6.45) is 0.788. The summed E-state index contributed by atoms with van der Waals surface area (Å²) >= 11 is 0. The van der Waals surface area contributed by atoms with Crippen molar-refractivity contribution in [1.82, 2.24) is 0 Å². The van der Waals surface area contributed by atoms with Gasteiger partial charge < -0.3 is 4.74 Å². The molecule has 1 aromatic rings. The highest BCUT2D eigenvalue weighted by Gasteiger charge is 2.13. The number of benzene rings is 1. The predicted octanol–water partition coefficient (Wildman–Crippen LogP) is 2.62. The van der Waals surface area contributed by atoms with E-state index in [-0.39, 0.29) is 5.82 Å². The summed E-state index contributed by atoms with van der Waals surface area (Å²) in [7, 11) is 0. The van der Waals surface area contributed by atoms with Crippen molar-refractivity contribution in [2.75, 3.05) is 6.61 Å². The fraction of sp³-hybridized carbons (Fsp3) is 0.200. The van der Waals surface area contributed by atoms with Crippen LogP contribution in [0, 0.1) is 5.82 Å². The van der Waals surface area contributed by atoms with Gasteiger partial charge in [0.15, 0.2) is 0 Å². The van der Waals surface area contributed by atoms with E-state index in [9.17, 15) is 4.39 Å². The molecule has 12 heavy (non-hydrogen) atoms. The standard InChI is InChI=1S/C10H9FO/c1-7-4-5-12-10-3-2-8(11)6-9(7)10/h2-3,6H,1,4-5H2. The van der Waals surface area contributed by atoms with Crippen LogP contribution in [0.15, 0.2) is 24.8 Å². The molecule has 0 spiro atoms. The second-order valence-corrected chi connectivity index (χ2v) is 2.84. The molecule has 0 N–H and O–H groups in total. The van der Waals surface area contributed by atoms with E-state index in [0.717, 1.165) is 23.3 Å². The molecule has 1 nitrogen and oxygen atoms in total. The lowest BCUT2D eigenvalue weighted by Gasteiger charge is -2.18. The number of hydrogen-bond acceptors (Lipinski definition) is 1. The third-order valence-electron chi connectivity index (χ3n) is 1.98. The molecule has 1 aliphatic heterocycles. The molecule has 2 heteroatoms. The van der Waals surface area contributed by atoms with Crippen molar-refractivity contribution in [3.05, 3.63) is 36.2 Å². The first-order valence-corrected chi connectivity index (χ1v) is 3.88. The highest BCUT2D eigenvalue weighted by atomic mass is 19.1. The third-order valence-corrected chi connectivity index (χ3v) is 1.98. The van der Waals surface area contributed by atoms with Crippen molar-refractivity contribution in [3.8, 4) is 5.75 Å². The summed E-state index contributed by atoms with van der Waals surface area (Å²) in [5.74, 6) is 0.507. The first-order valence-electron chi connectivity index (χ1n) is 3.88. The Labute approximate surface area is 70.5 Å². The molecular weight excluding hydrogens is 155 g/mol. The SMILES string of the molecule is C=C1CCOc2ccc(F)cc21. The van der Waals surface area contributed by atoms with E-state index in [2.05, 4.69) is 6.58 Å². The van der Waals surface area contributed by atoms with Gasteiger partial charge in [-0.1, -0.05) is 6.58 Å². The highest BCUT2D eigenvalue weighted by Crippen LogP contribution is 2.31. The molecule has 0 bridgehead atoms. The van der Waals surface area contributed by atoms with Crippen molar-refractivity contribution in [1.29, 1.82) is 0 Å². The lowest BCUT2D eigenvalue weighted by Crippen LogP contribution is -2.07. The van der Waals surface area contributed by atoms with E-state index >= 15 is 0 Å². The minimum absolute atomic E-state index is 0.236. The largest absolute Gasteiger partial charge is 0.493 e. The molecule has 1 aliphatic rings. The molecule has 0 amide bonds. The number of ether oxygens (including phenoxy) is 1. The van der Waals surface area contributed by atoms with Gasteiger partial charge in [0.2, 0.25) is 0 Å². The highest BCUT2D eigenvalue weighted by molar-refractivity contribution is 5.70. The van der Waals surface area contributed by atoms with E-state index in [0.29, 0.717) is 6.61 Å². The van der Waals surface area contributed by atoms with Crippen LogP contribution in [-0.2, 0) is 0 Å². The summed E-state index contributed by atoms with van der Waals surface area (Å²) in [5.41, 5.74) is 1.76. The topological polar surface area (TPSA) is 9.23 Å². The van der Waals surface area contributed by atoms with Crippen LogP contribution in [0.2, 0.25) is 0 Å². The summed E-state index contributed by atoms with van der Waals surface area (Å²) in [5, 5.41) is 0. The Bertz CT molecular complexity index is 331. The Morgan fingerprint density at radius 2 is 2.25 bits per heavy atom. The Morgan fingerprint density at radius 3 is 3.08 bits per heavy atom. The van der Waals surface area contributed by atoms with Gasteiger partial charge in [-0.15, -0.1) is 0 Å². The number of halogens is 1. The van der Waals surface area contributed by atoms with Crippen LogP contribution in [-0.4, -0.2) is 6.61 Å². The Morgan fingerprint density at radius 1 is 1.42 bits per heavy atom. The molecule has 0 aliphatic carbocycles. The first kappa shape index (κ1) is 7.35. The van der Waals surface area contributed by atoms with Crippen molar-refractivity contribution in [2.24, 2.45) is 0 Å². The van der Waals surface area contributed by atoms with Crippen LogP contribution < -0.4 is 4.74 Å². The maximum Gasteiger partial charge on any atom is 0.126 e. The Hall–Kier alpha value is -1.31. The van der Waals surface area contributed by atoms with Gasteiger partial charge in [-0.2, -0.15) is 0 Å². The predicted molar refractivity (Wildman–Crippen MR) is 45.5 cm³/mol. The number of hydrogen-bond donors (Lipinski definition) is 0. The van der Waals surface area contributed by atoms with E-state index in [4.69, 9.17) is 4.74 Å². The van der Waals surface area contributed by atoms with Crippen molar-refractivity contribution in [3.63, 3.8) is 0 Å². The summed E-state index contributed by atoms with van der Waals surface area (Å²) in [6.45, 7) is 4.50. The molecular formula is C10H9FO. The summed E-state index contributed by atoms with van der Waals surface area (Å²) < 4.78 is 18.1. The van der Waals surface area contributed by atoms with Gasteiger partial charge in [0.25, 0.3) is 0 Å².